The van der Waals surface area contributed by atoms with Crippen molar-refractivity contribution in [1.82, 2.24) is 4.90 Å². The van der Waals surface area contributed by atoms with E-state index in [9.17, 15) is 19.5 Å². The number of rotatable bonds is 4. The molecule has 1 saturated heterocycles. The van der Waals surface area contributed by atoms with Gasteiger partial charge in [0.15, 0.2) is 0 Å². The van der Waals surface area contributed by atoms with Crippen molar-refractivity contribution in [2.45, 2.75) is 20.8 Å². The largest absolute Gasteiger partial charge is 0.506 e. The fraction of sp³-hybridized carbons (Fsp3) is 0.190. The molecular weight excluding hydrogens is 630 g/mol. The lowest BCUT2D eigenvalue weighted by Gasteiger charge is -2.15. The number of aromatic hydroxyl groups is 1. The van der Waals surface area contributed by atoms with E-state index in [-0.39, 0.29) is 17.2 Å². The van der Waals surface area contributed by atoms with E-state index in [1.54, 1.807) is 18.2 Å². The summed E-state index contributed by atoms with van der Waals surface area (Å²) in [6, 6.07) is 7.38. The van der Waals surface area contributed by atoms with Gasteiger partial charge in [-0.3, -0.25) is 19.3 Å². The SMILES string of the molecule is Cc1cc(C)c(NC(=O)CN2C(=O)S/C(=C/c3cc(I)c(O)c(I)c3)C2=O)c(C)c1. The van der Waals surface area contributed by atoms with Gasteiger partial charge in [-0.05, 0) is 113 Å². The fourth-order valence-corrected chi connectivity index (χ4v) is 5.81. The highest BCUT2D eigenvalue weighted by Gasteiger charge is 2.36. The molecule has 0 bridgehead atoms. The minimum Gasteiger partial charge on any atom is -0.506 e. The number of imide groups is 1. The smallest absolute Gasteiger partial charge is 0.294 e. The Kier molecular flexibility index (Phi) is 7.13. The number of nitrogens with one attached hydrogen (secondary N) is 1. The minimum absolute atomic E-state index is 0.180. The predicted molar refractivity (Wildman–Crippen MR) is 136 cm³/mol. The highest BCUT2D eigenvalue weighted by atomic mass is 127. The highest BCUT2D eigenvalue weighted by Crippen LogP contribution is 2.34. The third-order valence-electron chi connectivity index (χ3n) is 4.45. The molecule has 9 heteroatoms. The van der Waals surface area contributed by atoms with Gasteiger partial charge in [0.2, 0.25) is 5.91 Å². The van der Waals surface area contributed by atoms with Crippen LogP contribution in [0.5, 0.6) is 5.75 Å². The normalized spacial score (nSPS) is 15.2. The molecule has 0 spiro atoms. The molecule has 3 rings (SSSR count). The van der Waals surface area contributed by atoms with Gasteiger partial charge in [-0.2, -0.15) is 0 Å². The fourth-order valence-electron chi connectivity index (χ4n) is 3.16. The van der Waals surface area contributed by atoms with Gasteiger partial charge < -0.3 is 10.4 Å². The van der Waals surface area contributed by atoms with Crippen LogP contribution in [0.3, 0.4) is 0 Å². The number of carbonyl (C=O) groups is 3. The van der Waals surface area contributed by atoms with Crippen molar-refractivity contribution < 1.29 is 19.5 Å². The van der Waals surface area contributed by atoms with E-state index >= 15 is 0 Å². The summed E-state index contributed by atoms with van der Waals surface area (Å²) in [6.07, 6.45) is 1.60. The van der Waals surface area contributed by atoms with E-state index in [1.807, 2.05) is 78.1 Å². The van der Waals surface area contributed by atoms with Gasteiger partial charge in [-0.1, -0.05) is 17.7 Å². The second-order valence-electron chi connectivity index (χ2n) is 6.92. The van der Waals surface area contributed by atoms with Crippen molar-refractivity contribution in [3.8, 4) is 5.75 Å². The van der Waals surface area contributed by atoms with Crippen molar-refractivity contribution in [3.05, 3.63) is 58.6 Å². The molecule has 0 atom stereocenters. The number of benzene rings is 2. The summed E-state index contributed by atoms with van der Waals surface area (Å²) in [4.78, 5) is 38.8. The van der Waals surface area contributed by atoms with Crippen molar-refractivity contribution >= 4 is 85.8 Å². The number of aryl methyl sites for hydroxylation is 3. The Hall–Kier alpha value is -1.60. The van der Waals surface area contributed by atoms with Crippen LogP contribution in [0, 0.1) is 27.9 Å². The zero-order chi connectivity index (χ0) is 22.2. The maximum absolute atomic E-state index is 12.7. The van der Waals surface area contributed by atoms with E-state index in [1.165, 1.54) is 0 Å². The average molecular weight is 648 g/mol. The first-order chi connectivity index (χ1) is 14.1. The van der Waals surface area contributed by atoms with Gasteiger partial charge in [0.05, 0.1) is 12.0 Å². The molecule has 0 saturated carbocycles. The van der Waals surface area contributed by atoms with Crippen LogP contribution in [-0.2, 0) is 9.59 Å². The Morgan fingerprint density at radius 3 is 2.23 bits per heavy atom. The van der Waals surface area contributed by atoms with E-state index < -0.39 is 17.1 Å². The maximum Gasteiger partial charge on any atom is 0.294 e. The number of amides is 3. The van der Waals surface area contributed by atoms with Gasteiger partial charge in [0.25, 0.3) is 11.1 Å². The van der Waals surface area contributed by atoms with Gasteiger partial charge in [-0.15, -0.1) is 0 Å². The molecule has 6 nitrogen and oxygen atoms in total. The number of nitrogens with zero attached hydrogens (tertiary/aromatic N) is 1. The maximum atomic E-state index is 12.7. The van der Waals surface area contributed by atoms with Gasteiger partial charge in [-0.25, -0.2) is 0 Å². The van der Waals surface area contributed by atoms with Crippen molar-refractivity contribution in [3.63, 3.8) is 0 Å². The van der Waals surface area contributed by atoms with Crippen LogP contribution in [0.4, 0.5) is 10.5 Å². The Labute approximate surface area is 205 Å². The molecule has 2 aromatic carbocycles. The van der Waals surface area contributed by atoms with Crippen LogP contribution in [-0.4, -0.2) is 33.6 Å². The Balaban J connectivity index is 1.76. The number of hydrogen-bond donors (Lipinski definition) is 2. The van der Waals surface area contributed by atoms with Gasteiger partial charge >= 0.3 is 0 Å². The monoisotopic (exact) mass is 648 g/mol. The van der Waals surface area contributed by atoms with Gasteiger partial charge in [0.1, 0.15) is 12.3 Å². The number of halogens is 2. The third kappa shape index (κ3) is 4.99. The standard InChI is InChI=1S/C21H18I2N2O4S/c1-10-4-11(2)18(12(3)5-10)24-17(26)9-25-20(28)16(30-21(25)29)8-13-6-14(22)19(27)15(23)7-13/h4-8,27H,9H2,1-3H3,(H,24,26)/b16-8+. The first-order valence-corrected chi connectivity index (χ1v) is 11.8. The van der Waals surface area contributed by atoms with Crippen LogP contribution in [0.15, 0.2) is 29.2 Å². The molecule has 1 heterocycles. The summed E-state index contributed by atoms with van der Waals surface area (Å²) >= 11 is 4.81. The average Bonchev–Trinajstić information content (AvgIpc) is 2.90. The Morgan fingerprint density at radius 2 is 1.67 bits per heavy atom. The number of carbonyl (C=O) groups excluding carboxylic acids is 3. The highest BCUT2D eigenvalue weighted by molar-refractivity contribution is 14.1. The number of phenols is 1. The number of thioether (sulfide) groups is 1. The van der Waals surface area contributed by atoms with Crippen LogP contribution < -0.4 is 5.32 Å². The first kappa shape index (κ1) is 23.1. The lowest BCUT2D eigenvalue weighted by atomic mass is 10.1. The van der Waals surface area contributed by atoms with E-state index in [4.69, 9.17) is 0 Å². The van der Waals surface area contributed by atoms with Gasteiger partial charge in [0, 0.05) is 5.69 Å². The van der Waals surface area contributed by atoms with Crippen LogP contribution in [0.2, 0.25) is 0 Å². The molecule has 0 unspecified atom stereocenters. The molecular formula is C21H18I2N2O4S. The number of anilines is 1. The summed E-state index contributed by atoms with van der Waals surface area (Å²) in [7, 11) is 0. The zero-order valence-corrected chi connectivity index (χ0v) is 21.5. The lowest BCUT2D eigenvalue weighted by molar-refractivity contribution is -0.127. The topological polar surface area (TPSA) is 86.7 Å². The molecule has 3 amide bonds. The molecule has 1 aliphatic rings. The summed E-state index contributed by atoms with van der Waals surface area (Å²) in [6.45, 7) is 5.44. The summed E-state index contributed by atoms with van der Waals surface area (Å²) in [5.74, 6) is -0.752. The van der Waals surface area contributed by atoms with Crippen molar-refractivity contribution in [2.24, 2.45) is 0 Å². The number of phenolic OH excluding ortho intramolecular Hbond substituents is 1. The summed E-state index contributed by atoms with van der Waals surface area (Å²) < 4.78 is 1.29. The Morgan fingerprint density at radius 1 is 1.10 bits per heavy atom. The van der Waals surface area contributed by atoms with E-state index in [0.717, 1.165) is 33.4 Å². The predicted octanol–water partition coefficient (Wildman–Crippen LogP) is 5.20. The second kappa shape index (κ2) is 9.27. The molecule has 0 radical (unpaired) electrons. The van der Waals surface area contributed by atoms with Crippen molar-refractivity contribution in [1.29, 1.82) is 0 Å². The number of hydrogen-bond acceptors (Lipinski definition) is 5. The molecule has 1 aliphatic heterocycles. The molecule has 156 valence electrons. The molecule has 0 aromatic heterocycles. The first-order valence-electron chi connectivity index (χ1n) is 8.88. The van der Waals surface area contributed by atoms with Crippen LogP contribution in [0.25, 0.3) is 6.08 Å². The third-order valence-corrected chi connectivity index (χ3v) is 7.01. The zero-order valence-electron chi connectivity index (χ0n) is 16.4. The lowest BCUT2D eigenvalue weighted by Crippen LogP contribution is -2.36. The van der Waals surface area contributed by atoms with E-state index in [0.29, 0.717) is 18.4 Å². The van der Waals surface area contributed by atoms with Crippen LogP contribution in [0.1, 0.15) is 22.3 Å². The minimum atomic E-state index is -0.504. The van der Waals surface area contributed by atoms with Crippen LogP contribution >= 0.6 is 56.9 Å². The molecule has 30 heavy (non-hydrogen) atoms. The molecule has 0 aliphatic carbocycles. The summed E-state index contributed by atoms with van der Waals surface area (Å²) in [5.41, 5.74) is 4.33. The van der Waals surface area contributed by atoms with Crippen molar-refractivity contribution in [2.75, 3.05) is 11.9 Å². The molecule has 1 fully saturated rings. The quantitative estimate of drug-likeness (QED) is 0.352. The summed E-state index contributed by atoms with van der Waals surface area (Å²) in [5, 5.41) is 12.2. The molecule has 2 N–H and O–H groups in total. The Bertz CT molecular complexity index is 1070. The second-order valence-corrected chi connectivity index (χ2v) is 10.2. The molecule has 2 aromatic rings. The van der Waals surface area contributed by atoms with E-state index in [2.05, 4.69) is 5.32 Å².